The van der Waals surface area contributed by atoms with E-state index in [0.717, 1.165) is 12.8 Å². The Labute approximate surface area is 187 Å². The van der Waals surface area contributed by atoms with E-state index in [1.165, 1.54) is 11.1 Å². The standard InChI is InChI=1S/C24H30N2O4S/c27-22(28)13-7-8-14-26(30)17-25(29)23-20(15-18-9-3-1-4-10-18)31-21(24(23)26)16-19-11-5-2-6-12-19/h1-6,9-12,20-21,23-25,30H,7-8,13-17H2/p+1. The number of benzene rings is 2. The number of carboxylic acid groups (broad SMARTS) is 1. The fourth-order valence-electron chi connectivity index (χ4n) is 5.25. The van der Waals surface area contributed by atoms with Crippen LogP contribution in [0.5, 0.6) is 0 Å². The van der Waals surface area contributed by atoms with Crippen molar-refractivity contribution in [3.8, 4) is 0 Å². The van der Waals surface area contributed by atoms with Crippen molar-refractivity contribution >= 4 is 17.7 Å². The second kappa shape index (κ2) is 9.71. The summed E-state index contributed by atoms with van der Waals surface area (Å²) in [6.45, 7) is 0.573. The van der Waals surface area contributed by atoms with Crippen molar-refractivity contribution in [2.75, 3.05) is 13.2 Å². The molecule has 0 spiro atoms. The van der Waals surface area contributed by atoms with Crippen molar-refractivity contribution in [2.24, 2.45) is 0 Å². The molecule has 6 atom stereocenters. The molecule has 2 saturated heterocycles. The SMILES string of the molecule is O=C(O)CCCC[N+]1(O)C[NH+]([O-])C2C(Cc3ccccc3)SC(Cc3ccccc3)C21. The number of fused-ring (bicyclic) bond motifs is 1. The molecule has 2 aliphatic heterocycles. The number of nitrogens with zero attached hydrogens (tertiary/aromatic N) is 1. The predicted octanol–water partition coefficient (Wildman–Crippen LogP) is 2.51. The Morgan fingerprint density at radius 2 is 1.58 bits per heavy atom. The van der Waals surface area contributed by atoms with Crippen LogP contribution in [0.3, 0.4) is 0 Å². The number of carbonyl (C=O) groups is 1. The molecular weight excluding hydrogens is 412 g/mol. The Morgan fingerprint density at radius 3 is 2.16 bits per heavy atom. The first-order chi connectivity index (χ1) is 15.0. The third-order valence-corrected chi connectivity index (χ3v) is 8.21. The molecule has 166 valence electrons. The normalized spacial score (nSPS) is 32.1. The van der Waals surface area contributed by atoms with Crippen LogP contribution in [0.15, 0.2) is 60.7 Å². The fraction of sp³-hybridized carbons (Fsp3) is 0.458. The third-order valence-electron chi connectivity index (χ3n) is 6.60. The van der Waals surface area contributed by atoms with Gasteiger partial charge in [-0.3, -0.25) is 4.79 Å². The maximum Gasteiger partial charge on any atom is 0.303 e. The highest BCUT2D eigenvalue weighted by Crippen LogP contribution is 2.43. The zero-order valence-corrected chi connectivity index (χ0v) is 18.4. The fourth-order valence-corrected chi connectivity index (χ4v) is 7.32. The predicted molar refractivity (Wildman–Crippen MR) is 121 cm³/mol. The molecule has 0 amide bonds. The Kier molecular flexibility index (Phi) is 6.99. The molecule has 2 aliphatic rings. The van der Waals surface area contributed by atoms with Gasteiger partial charge in [0.15, 0.2) is 12.1 Å². The summed E-state index contributed by atoms with van der Waals surface area (Å²) in [4.78, 5) is 10.9. The number of nitrogens with one attached hydrogen (secondary N) is 1. The third kappa shape index (κ3) is 5.13. The molecule has 3 N–H and O–H groups in total. The number of hydroxylamine groups is 5. The first-order valence-electron chi connectivity index (χ1n) is 11.0. The number of hydrogen-bond donors (Lipinski definition) is 3. The number of hydrogen-bond acceptors (Lipinski definition) is 4. The van der Waals surface area contributed by atoms with Gasteiger partial charge in [-0.25, -0.2) is 5.21 Å². The minimum absolute atomic E-state index is 0.0981. The lowest BCUT2D eigenvalue weighted by atomic mass is 9.94. The van der Waals surface area contributed by atoms with Crippen LogP contribution < -0.4 is 5.06 Å². The van der Waals surface area contributed by atoms with Crippen LogP contribution in [0, 0.1) is 5.21 Å². The zero-order valence-electron chi connectivity index (χ0n) is 17.6. The molecule has 0 bridgehead atoms. The first-order valence-corrected chi connectivity index (χ1v) is 12.0. The molecular formula is C24H31N2O4S+. The van der Waals surface area contributed by atoms with Gasteiger partial charge in [-0.1, -0.05) is 60.7 Å². The van der Waals surface area contributed by atoms with Crippen LogP contribution in [0.1, 0.15) is 30.4 Å². The summed E-state index contributed by atoms with van der Waals surface area (Å²) in [6, 6.07) is 20.2. The lowest BCUT2D eigenvalue weighted by molar-refractivity contribution is -1.16. The Hall–Kier alpha value is -1.90. The molecule has 6 unspecified atom stereocenters. The molecule has 6 nitrogen and oxygen atoms in total. The average molecular weight is 444 g/mol. The van der Waals surface area contributed by atoms with Gasteiger partial charge in [0, 0.05) is 12.8 Å². The molecule has 2 fully saturated rings. The smallest absolute Gasteiger partial charge is 0.303 e. The molecule has 0 aromatic heterocycles. The number of aliphatic carboxylic acids is 1. The summed E-state index contributed by atoms with van der Waals surface area (Å²) in [6.07, 6.45) is 2.86. The van der Waals surface area contributed by atoms with Gasteiger partial charge in [-0.2, -0.15) is 0 Å². The number of rotatable bonds is 9. The van der Waals surface area contributed by atoms with Gasteiger partial charge in [0.2, 0.25) is 6.67 Å². The number of thioether (sulfide) groups is 1. The molecule has 0 radical (unpaired) electrons. The van der Waals surface area contributed by atoms with Crippen molar-refractivity contribution < 1.29 is 24.8 Å². The summed E-state index contributed by atoms with van der Waals surface area (Å²) < 4.78 is -0.237. The van der Waals surface area contributed by atoms with E-state index >= 15 is 0 Å². The van der Waals surface area contributed by atoms with Crippen LogP contribution in [-0.2, 0) is 17.6 Å². The van der Waals surface area contributed by atoms with E-state index in [1.54, 1.807) is 0 Å². The van der Waals surface area contributed by atoms with Crippen molar-refractivity contribution in [2.45, 2.75) is 54.7 Å². The highest BCUT2D eigenvalue weighted by molar-refractivity contribution is 8.00. The molecule has 2 aromatic carbocycles. The Morgan fingerprint density at radius 1 is 1.00 bits per heavy atom. The molecule has 31 heavy (non-hydrogen) atoms. The minimum Gasteiger partial charge on any atom is -0.630 e. The summed E-state index contributed by atoms with van der Waals surface area (Å²) >= 11 is 1.85. The number of unbranched alkanes of at least 4 members (excludes halogenated alkanes) is 1. The van der Waals surface area contributed by atoms with Crippen LogP contribution in [-0.4, -0.2) is 56.7 Å². The van der Waals surface area contributed by atoms with Gasteiger partial charge in [-0.15, -0.1) is 16.4 Å². The average Bonchev–Trinajstić information content (AvgIpc) is 3.23. The summed E-state index contributed by atoms with van der Waals surface area (Å²) in [5.74, 6) is -0.818. The summed E-state index contributed by atoms with van der Waals surface area (Å²) in [7, 11) is 0. The monoisotopic (exact) mass is 443 g/mol. The quantitative estimate of drug-likeness (QED) is 0.315. The molecule has 0 aliphatic carbocycles. The lowest BCUT2D eigenvalue weighted by Crippen LogP contribution is -3.11. The van der Waals surface area contributed by atoms with Crippen LogP contribution in [0.2, 0.25) is 0 Å². The van der Waals surface area contributed by atoms with Gasteiger partial charge in [-0.05, 0) is 30.4 Å². The Bertz CT molecular complexity index is 868. The van der Waals surface area contributed by atoms with Gasteiger partial charge in [0.1, 0.15) is 6.54 Å². The van der Waals surface area contributed by atoms with E-state index in [9.17, 15) is 15.2 Å². The van der Waals surface area contributed by atoms with E-state index in [4.69, 9.17) is 5.11 Å². The molecule has 7 heteroatoms. The Balaban J connectivity index is 1.55. The number of carboxylic acids is 1. The maximum atomic E-state index is 13.1. The largest absolute Gasteiger partial charge is 0.630 e. The van der Waals surface area contributed by atoms with Crippen LogP contribution in [0.4, 0.5) is 0 Å². The topological polar surface area (TPSA) is 85.0 Å². The molecule has 0 saturated carbocycles. The highest BCUT2D eigenvalue weighted by atomic mass is 32.2. The second-order valence-corrected chi connectivity index (χ2v) is 10.3. The van der Waals surface area contributed by atoms with Gasteiger partial charge in [0.25, 0.3) is 0 Å². The van der Waals surface area contributed by atoms with E-state index < -0.39 is 5.97 Å². The zero-order chi connectivity index (χ0) is 21.8. The van der Waals surface area contributed by atoms with Gasteiger partial charge < -0.3 is 15.4 Å². The maximum absolute atomic E-state index is 13.1. The van der Waals surface area contributed by atoms with Crippen molar-refractivity contribution in [1.82, 2.24) is 0 Å². The van der Waals surface area contributed by atoms with Crippen LogP contribution in [0.25, 0.3) is 0 Å². The van der Waals surface area contributed by atoms with E-state index in [-0.39, 0.29) is 45.4 Å². The van der Waals surface area contributed by atoms with E-state index in [0.29, 0.717) is 19.4 Å². The highest BCUT2D eigenvalue weighted by Gasteiger charge is 2.64. The van der Waals surface area contributed by atoms with Crippen molar-refractivity contribution in [3.05, 3.63) is 77.0 Å². The van der Waals surface area contributed by atoms with E-state index in [1.807, 2.05) is 48.2 Å². The summed E-state index contributed by atoms with van der Waals surface area (Å²) in [5, 5.41) is 34.1. The summed E-state index contributed by atoms with van der Waals surface area (Å²) in [5.41, 5.74) is 2.44. The molecule has 4 rings (SSSR count). The minimum atomic E-state index is -0.818. The number of quaternary nitrogens is 2. The van der Waals surface area contributed by atoms with E-state index in [2.05, 4.69) is 24.3 Å². The van der Waals surface area contributed by atoms with Crippen LogP contribution >= 0.6 is 11.8 Å². The first kappa shape index (κ1) is 22.3. The van der Waals surface area contributed by atoms with Gasteiger partial charge in [0.05, 0.1) is 10.5 Å². The molecule has 2 aromatic rings. The van der Waals surface area contributed by atoms with Crippen molar-refractivity contribution in [1.29, 1.82) is 0 Å². The lowest BCUT2D eigenvalue weighted by Gasteiger charge is -2.31. The van der Waals surface area contributed by atoms with Gasteiger partial charge >= 0.3 is 5.97 Å². The van der Waals surface area contributed by atoms with Crippen molar-refractivity contribution in [3.63, 3.8) is 0 Å². The molecule has 2 heterocycles. The second-order valence-electron chi connectivity index (χ2n) is 8.79.